The van der Waals surface area contributed by atoms with Crippen LogP contribution in [0.15, 0.2) is 0 Å². The molecule has 1 amide bonds. The van der Waals surface area contributed by atoms with Crippen molar-refractivity contribution < 1.29 is 9.90 Å². The summed E-state index contributed by atoms with van der Waals surface area (Å²) < 4.78 is 0. The fraction of sp³-hybridized carbons (Fsp3) is 0.923. The van der Waals surface area contributed by atoms with Crippen molar-refractivity contribution in [3.05, 3.63) is 0 Å². The number of carbonyl (C=O) groups is 1. The Balaban J connectivity index is 2.16. The Morgan fingerprint density at radius 2 is 2.06 bits per heavy atom. The van der Waals surface area contributed by atoms with Crippen LogP contribution in [-0.4, -0.2) is 29.7 Å². The van der Waals surface area contributed by atoms with Gasteiger partial charge in [0.25, 0.3) is 0 Å². The number of hydrogen-bond donors (Lipinski definition) is 3. The summed E-state index contributed by atoms with van der Waals surface area (Å²) in [5.41, 5.74) is 6.00. The summed E-state index contributed by atoms with van der Waals surface area (Å²) in [5, 5.41) is 12.6. The van der Waals surface area contributed by atoms with Gasteiger partial charge in [0.05, 0.1) is 6.10 Å². The molecule has 0 aliphatic heterocycles. The van der Waals surface area contributed by atoms with Crippen LogP contribution in [0.1, 0.15) is 51.9 Å². The summed E-state index contributed by atoms with van der Waals surface area (Å²) in [6, 6.07) is -0.146. The maximum Gasteiger partial charge on any atom is 0.216 e. The van der Waals surface area contributed by atoms with Crippen molar-refractivity contribution in [3.63, 3.8) is 0 Å². The van der Waals surface area contributed by atoms with Crippen LogP contribution in [-0.2, 0) is 4.79 Å². The van der Waals surface area contributed by atoms with E-state index in [0.29, 0.717) is 18.9 Å². The lowest BCUT2D eigenvalue weighted by Gasteiger charge is -2.27. The summed E-state index contributed by atoms with van der Waals surface area (Å²) in [5.74, 6) is 0.632. The lowest BCUT2D eigenvalue weighted by atomic mass is 9.83. The second-order valence-electron chi connectivity index (χ2n) is 5.24. The highest BCUT2D eigenvalue weighted by molar-refractivity contribution is 5.72. The molecule has 1 aliphatic rings. The summed E-state index contributed by atoms with van der Waals surface area (Å²) in [6.45, 7) is 1.99. The van der Waals surface area contributed by atoms with Gasteiger partial charge < -0.3 is 16.2 Å². The second-order valence-corrected chi connectivity index (χ2v) is 5.24. The number of rotatable bonds is 6. The molecule has 0 saturated heterocycles. The first kappa shape index (κ1) is 14.5. The lowest BCUT2D eigenvalue weighted by molar-refractivity contribution is -0.119. The first-order valence-corrected chi connectivity index (χ1v) is 6.77. The average Bonchev–Trinajstić information content (AvgIpc) is 2.29. The quantitative estimate of drug-likeness (QED) is 0.654. The molecule has 0 heterocycles. The van der Waals surface area contributed by atoms with Crippen molar-refractivity contribution in [2.75, 3.05) is 6.54 Å². The topological polar surface area (TPSA) is 75.3 Å². The Labute approximate surface area is 104 Å². The van der Waals surface area contributed by atoms with Crippen LogP contribution in [0.4, 0.5) is 0 Å². The van der Waals surface area contributed by atoms with Gasteiger partial charge >= 0.3 is 0 Å². The standard InChI is InChI=1S/C13H26N2O2/c1-10(16)15-8-7-13(17)12(14)9-11-5-3-2-4-6-11/h11-13,17H,2-9,14H2,1H3,(H,15,16)/t12-,13-/m0/s1. The number of hydrogen-bond acceptors (Lipinski definition) is 3. The molecule has 100 valence electrons. The third-order valence-electron chi connectivity index (χ3n) is 3.64. The first-order valence-electron chi connectivity index (χ1n) is 6.77. The van der Waals surface area contributed by atoms with Gasteiger partial charge in [-0.3, -0.25) is 4.79 Å². The Hall–Kier alpha value is -0.610. The van der Waals surface area contributed by atoms with Gasteiger partial charge in [0.1, 0.15) is 0 Å². The van der Waals surface area contributed by atoms with Crippen molar-refractivity contribution in [2.45, 2.75) is 64.0 Å². The maximum atomic E-state index is 10.7. The molecule has 1 fully saturated rings. The van der Waals surface area contributed by atoms with Crippen LogP contribution < -0.4 is 11.1 Å². The predicted molar refractivity (Wildman–Crippen MR) is 68.5 cm³/mol. The molecule has 0 aromatic rings. The third kappa shape index (κ3) is 6.03. The Morgan fingerprint density at radius 3 is 2.65 bits per heavy atom. The monoisotopic (exact) mass is 242 g/mol. The normalized spacial score (nSPS) is 20.9. The number of nitrogens with two attached hydrogens (primary N) is 1. The summed E-state index contributed by atoms with van der Waals surface area (Å²) in [6.07, 6.45) is 7.44. The van der Waals surface area contributed by atoms with E-state index in [1.807, 2.05) is 0 Å². The molecular formula is C13H26N2O2. The molecule has 1 aliphatic carbocycles. The molecule has 2 atom stereocenters. The highest BCUT2D eigenvalue weighted by Gasteiger charge is 2.21. The smallest absolute Gasteiger partial charge is 0.216 e. The molecular weight excluding hydrogens is 216 g/mol. The number of carbonyl (C=O) groups excluding carboxylic acids is 1. The molecule has 0 spiro atoms. The summed E-state index contributed by atoms with van der Waals surface area (Å²) in [7, 11) is 0. The van der Waals surface area contributed by atoms with Gasteiger partial charge in [0, 0.05) is 19.5 Å². The molecule has 1 rings (SSSR count). The van der Waals surface area contributed by atoms with Gasteiger partial charge in [0.15, 0.2) is 0 Å². The van der Waals surface area contributed by atoms with Gasteiger partial charge in [-0.1, -0.05) is 32.1 Å². The van der Waals surface area contributed by atoms with E-state index in [0.717, 1.165) is 6.42 Å². The van der Waals surface area contributed by atoms with Crippen LogP contribution in [0.3, 0.4) is 0 Å². The van der Waals surface area contributed by atoms with Crippen LogP contribution >= 0.6 is 0 Å². The number of aliphatic hydroxyl groups is 1. The SMILES string of the molecule is CC(=O)NCC[C@H](O)[C@@H](N)CC1CCCCC1. The Bertz CT molecular complexity index is 227. The van der Waals surface area contributed by atoms with Gasteiger partial charge in [-0.05, 0) is 18.8 Å². The van der Waals surface area contributed by atoms with Gasteiger partial charge in [-0.15, -0.1) is 0 Å². The zero-order valence-corrected chi connectivity index (χ0v) is 10.8. The Kier molecular flexibility index (Phi) is 6.52. The highest BCUT2D eigenvalue weighted by Crippen LogP contribution is 2.27. The number of amides is 1. The number of nitrogens with one attached hydrogen (secondary N) is 1. The molecule has 4 nitrogen and oxygen atoms in total. The van der Waals surface area contributed by atoms with E-state index in [1.165, 1.54) is 39.0 Å². The summed E-state index contributed by atoms with van der Waals surface area (Å²) in [4.78, 5) is 10.7. The second kappa shape index (κ2) is 7.67. The van der Waals surface area contributed by atoms with Crippen LogP contribution in [0.5, 0.6) is 0 Å². The molecule has 0 aromatic carbocycles. The highest BCUT2D eigenvalue weighted by atomic mass is 16.3. The summed E-state index contributed by atoms with van der Waals surface area (Å²) >= 11 is 0. The minimum absolute atomic E-state index is 0.0574. The van der Waals surface area contributed by atoms with Gasteiger partial charge in [-0.2, -0.15) is 0 Å². The first-order chi connectivity index (χ1) is 8.09. The van der Waals surface area contributed by atoms with Crippen molar-refractivity contribution in [1.29, 1.82) is 0 Å². The van der Waals surface area contributed by atoms with Crippen molar-refractivity contribution >= 4 is 5.91 Å². The Morgan fingerprint density at radius 1 is 1.41 bits per heavy atom. The fourth-order valence-corrected chi connectivity index (χ4v) is 2.57. The number of aliphatic hydroxyl groups excluding tert-OH is 1. The van der Waals surface area contributed by atoms with E-state index < -0.39 is 6.10 Å². The van der Waals surface area contributed by atoms with E-state index in [2.05, 4.69) is 5.32 Å². The zero-order valence-electron chi connectivity index (χ0n) is 10.8. The molecule has 0 unspecified atom stereocenters. The largest absolute Gasteiger partial charge is 0.391 e. The molecule has 4 N–H and O–H groups in total. The molecule has 4 heteroatoms. The van der Waals surface area contributed by atoms with E-state index in [9.17, 15) is 9.90 Å². The minimum Gasteiger partial charge on any atom is -0.391 e. The van der Waals surface area contributed by atoms with E-state index in [4.69, 9.17) is 5.73 Å². The van der Waals surface area contributed by atoms with Crippen molar-refractivity contribution in [1.82, 2.24) is 5.32 Å². The van der Waals surface area contributed by atoms with Crippen LogP contribution in [0, 0.1) is 5.92 Å². The van der Waals surface area contributed by atoms with E-state index in [-0.39, 0.29) is 11.9 Å². The zero-order chi connectivity index (χ0) is 12.7. The maximum absolute atomic E-state index is 10.7. The third-order valence-corrected chi connectivity index (χ3v) is 3.64. The predicted octanol–water partition coefficient (Wildman–Crippen LogP) is 1.17. The minimum atomic E-state index is -0.497. The molecule has 17 heavy (non-hydrogen) atoms. The molecule has 1 saturated carbocycles. The molecule has 0 bridgehead atoms. The van der Waals surface area contributed by atoms with Crippen LogP contribution in [0.2, 0.25) is 0 Å². The van der Waals surface area contributed by atoms with E-state index in [1.54, 1.807) is 0 Å². The van der Waals surface area contributed by atoms with Gasteiger partial charge in [0.2, 0.25) is 5.91 Å². The lowest BCUT2D eigenvalue weighted by Crippen LogP contribution is -2.39. The molecule has 0 aromatic heterocycles. The van der Waals surface area contributed by atoms with Crippen LogP contribution in [0.25, 0.3) is 0 Å². The average molecular weight is 242 g/mol. The van der Waals surface area contributed by atoms with Crippen molar-refractivity contribution in [2.24, 2.45) is 11.7 Å². The van der Waals surface area contributed by atoms with Gasteiger partial charge in [-0.25, -0.2) is 0 Å². The van der Waals surface area contributed by atoms with E-state index >= 15 is 0 Å². The van der Waals surface area contributed by atoms with Crippen molar-refractivity contribution in [3.8, 4) is 0 Å². The fourth-order valence-electron chi connectivity index (χ4n) is 2.57. The molecule has 0 radical (unpaired) electrons.